The van der Waals surface area contributed by atoms with Crippen molar-refractivity contribution in [3.63, 3.8) is 0 Å². The molecule has 0 aliphatic carbocycles. The van der Waals surface area contributed by atoms with Gasteiger partial charge in [0.1, 0.15) is 5.58 Å². The fourth-order valence-electron chi connectivity index (χ4n) is 3.77. The predicted molar refractivity (Wildman–Crippen MR) is 112 cm³/mol. The maximum absolute atomic E-state index is 6.50. The number of halogens is 1. The van der Waals surface area contributed by atoms with E-state index < -0.39 is 18.3 Å². The normalized spacial score (nSPS) is 18.8. The van der Waals surface area contributed by atoms with Gasteiger partial charge in [0.2, 0.25) is 0 Å². The molecule has 1 aromatic heterocycles. The average Bonchev–Trinajstić information content (AvgIpc) is 3.11. The van der Waals surface area contributed by atoms with Gasteiger partial charge in [-0.05, 0) is 50.7 Å². The molecule has 3 nitrogen and oxygen atoms in total. The van der Waals surface area contributed by atoms with Crippen LogP contribution in [0.25, 0.3) is 32.7 Å². The molecule has 0 bridgehead atoms. The number of fused-ring (bicyclic) bond motifs is 5. The van der Waals surface area contributed by atoms with Gasteiger partial charge in [0, 0.05) is 16.2 Å². The van der Waals surface area contributed by atoms with Gasteiger partial charge in [-0.3, -0.25) is 0 Å². The number of benzene rings is 3. The molecule has 1 fully saturated rings. The third-order valence-corrected chi connectivity index (χ3v) is 6.30. The summed E-state index contributed by atoms with van der Waals surface area (Å²) in [6, 6.07) is 16.2. The van der Waals surface area contributed by atoms with Crippen molar-refractivity contribution in [3.8, 4) is 0 Å². The van der Waals surface area contributed by atoms with Crippen molar-refractivity contribution in [2.45, 2.75) is 38.9 Å². The summed E-state index contributed by atoms with van der Waals surface area (Å²) in [6.45, 7) is 8.23. The predicted octanol–water partition coefficient (Wildman–Crippen LogP) is 5.69. The van der Waals surface area contributed by atoms with Gasteiger partial charge in [0.05, 0.1) is 16.2 Å². The van der Waals surface area contributed by atoms with Crippen LogP contribution in [-0.2, 0) is 9.31 Å². The van der Waals surface area contributed by atoms with Crippen LogP contribution in [0.1, 0.15) is 27.7 Å². The molecule has 27 heavy (non-hydrogen) atoms. The standard InChI is InChI=1S/C22H20BClO3/c1-21(2)22(3,4)27-23(26-21)16-11-12-17(24)20-18(16)15-10-9-13-7-5-6-8-14(13)19(15)25-20/h5-12H,1-4H3. The van der Waals surface area contributed by atoms with Gasteiger partial charge < -0.3 is 13.7 Å². The first kappa shape index (κ1) is 17.1. The van der Waals surface area contributed by atoms with Gasteiger partial charge in [0.25, 0.3) is 0 Å². The molecule has 0 radical (unpaired) electrons. The first-order chi connectivity index (χ1) is 12.8. The van der Waals surface area contributed by atoms with Crippen LogP contribution < -0.4 is 5.46 Å². The van der Waals surface area contributed by atoms with Crippen molar-refractivity contribution in [2.75, 3.05) is 0 Å². The van der Waals surface area contributed by atoms with Crippen molar-refractivity contribution >= 4 is 56.9 Å². The summed E-state index contributed by atoms with van der Waals surface area (Å²) in [5.74, 6) is 0. The fraction of sp³-hybridized carbons (Fsp3) is 0.273. The Labute approximate surface area is 163 Å². The Kier molecular flexibility index (Phi) is 3.49. The summed E-state index contributed by atoms with van der Waals surface area (Å²) >= 11 is 6.50. The molecule has 0 spiro atoms. The summed E-state index contributed by atoms with van der Waals surface area (Å²) < 4.78 is 18.9. The lowest BCUT2D eigenvalue weighted by molar-refractivity contribution is 0.00578. The highest BCUT2D eigenvalue weighted by atomic mass is 35.5. The molecule has 136 valence electrons. The molecule has 0 atom stereocenters. The van der Waals surface area contributed by atoms with E-state index in [-0.39, 0.29) is 0 Å². The summed E-state index contributed by atoms with van der Waals surface area (Å²) in [6.07, 6.45) is 0. The van der Waals surface area contributed by atoms with Gasteiger partial charge in [-0.15, -0.1) is 0 Å². The lowest BCUT2D eigenvalue weighted by Crippen LogP contribution is -2.41. The Balaban J connectivity index is 1.82. The molecule has 5 heteroatoms. The van der Waals surface area contributed by atoms with Crippen LogP contribution in [0.15, 0.2) is 52.9 Å². The zero-order valence-electron chi connectivity index (χ0n) is 15.8. The first-order valence-electron chi connectivity index (χ1n) is 9.16. The first-order valence-corrected chi connectivity index (χ1v) is 9.54. The van der Waals surface area contributed by atoms with Crippen molar-refractivity contribution in [1.82, 2.24) is 0 Å². The summed E-state index contributed by atoms with van der Waals surface area (Å²) in [4.78, 5) is 0. The molecule has 1 saturated heterocycles. The fourth-order valence-corrected chi connectivity index (χ4v) is 3.96. The van der Waals surface area contributed by atoms with Gasteiger partial charge >= 0.3 is 7.12 Å². The van der Waals surface area contributed by atoms with E-state index >= 15 is 0 Å². The zero-order chi connectivity index (χ0) is 19.0. The topological polar surface area (TPSA) is 31.6 Å². The molecule has 0 N–H and O–H groups in total. The molecule has 0 saturated carbocycles. The van der Waals surface area contributed by atoms with E-state index in [9.17, 15) is 0 Å². The molecule has 1 aliphatic heterocycles. The molecule has 2 heterocycles. The highest BCUT2D eigenvalue weighted by Crippen LogP contribution is 2.40. The maximum Gasteiger partial charge on any atom is 0.495 e. The van der Waals surface area contributed by atoms with Gasteiger partial charge in [-0.2, -0.15) is 0 Å². The lowest BCUT2D eigenvalue weighted by atomic mass is 9.76. The number of hydrogen-bond donors (Lipinski definition) is 0. The van der Waals surface area contributed by atoms with Crippen LogP contribution in [-0.4, -0.2) is 18.3 Å². The van der Waals surface area contributed by atoms with Crippen LogP contribution in [0.3, 0.4) is 0 Å². The Bertz CT molecular complexity index is 1190. The Hall–Kier alpha value is -2.01. The van der Waals surface area contributed by atoms with E-state index in [1.807, 2.05) is 24.3 Å². The number of rotatable bonds is 1. The van der Waals surface area contributed by atoms with Crippen molar-refractivity contribution in [1.29, 1.82) is 0 Å². The van der Waals surface area contributed by atoms with Crippen LogP contribution in [0.2, 0.25) is 5.02 Å². The van der Waals surface area contributed by atoms with Crippen LogP contribution in [0.5, 0.6) is 0 Å². The van der Waals surface area contributed by atoms with Crippen LogP contribution >= 0.6 is 11.6 Å². The molecular formula is C22H20BClO3. The Morgan fingerprint density at radius 1 is 0.778 bits per heavy atom. The monoisotopic (exact) mass is 378 g/mol. The van der Waals surface area contributed by atoms with Gasteiger partial charge in [0.15, 0.2) is 5.58 Å². The van der Waals surface area contributed by atoms with Gasteiger partial charge in [-0.1, -0.05) is 48.0 Å². The second-order valence-electron chi connectivity index (χ2n) is 8.19. The molecule has 0 unspecified atom stereocenters. The van der Waals surface area contributed by atoms with Crippen molar-refractivity contribution < 1.29 is 13.7 Å². The van der Waals surface area contributed by atoms with E-state index in [0.717, 1.165) is 32.6 Å². The summed E-state index contributed by atoms with van der Waals surface area (Å²) in [5, 5.41) is 4.78. The van der Waals surface area contributed by atoms with E-state index in [0.29, 0.717) is 10.6 Å². The van der Waals surface area contributed by atoms with E-state index in [2.05, 4.69) is 52.0 Å². The second-order valence-corrected chi connectivity index (χ2v) is 8.60. The van der Waals surface area contributed by atoms with E-state index in [4.69, 9.17) is 25.3 Å². The zero-order valence-corrected chi connectivity index (χ0v) is 16.6. The number of hydrogen-bond acceptors (Lipinski definition) is 3. The lowest BCUT2D eigenvalue weighted by Gasteiger charge is -2.32. The minimum absolute atomic E-state index is 0.407. The second kappa shape index (κ2) is 5.51. The number of furan rings is 1. The largest absolute Gasteiger partial charge is 0.495 e. The van der Waals surface area contributed by atoms with E-state index in [1.54, 1.807) is 0 Å². The SMILES string of the molecule is CC1(C)OB(c2ccc(Cl)c3oc4c5ccccc5ccc4c23)OC1(C)C. The smallest absolute Gasteiger partial charge is 0.454 e. The minimum atomic E-state index is -0.470. The quantitative estimate of drug-likeness (QED) is 0.399. The highest BCUT2D eigenvalue weighted by Gasteiger charge is 2.52. The van der Waals surface area contributed by atoms with Crippen molar-refractivity contribution in [2.24, 2.45) is 0 Å². The molecular weight excluding hydrogens is 359 g/mol. The van der Waals surface area contributed by atoms with Crippen molar-refractivity contribution in [3.05, 3.63) is 53.6 Å². The molecule has 5 rings (SSSR count). The summed E-state index contributed by atoms with van der Waals surface area (Å²) in [5.41, 5.74) is 1.65. The van der Waals surface area contributed by atoms with Crippen LogP contribution in [0.4, 0.5) is 0 Å². The third-order valence-electron chi connectivity index (χ3n) is 6.00. The molecule has 0 amide bonds. The van der Waals surface area contributed by atoms with E-state index in [1.165, 1.54) is 0 Å². The van der Waals surface area contributed by atoms with Crippen LogP contribution in [0, 0.1) is 0 Å². The molecule has 4 aromatic rings. The Morgan fingerprint density at radius 3 is 2.22 bits per heavy atom. The summed E-state index contributed by atoms with van der Waals surface area (Å²) in [7, 11) is -0.470. The Morgan fingerprint density at radius 2 is 1.48 bits per heavy atom. The van der Waals surface area contributed by atoms with Gasteiger partial charge in [-0.25, -0.2) is 0 Å². The average molecular weight is 379 g/mol. The molecule has 3 aromatic carbocycles. The highest BCUT2D eigenvalue weighted by molar-refractivity contribution is 6.66. The minimum Gasteiger partial charge on any atom is -0.454 e. The maximum atomic E-state index is 6.50. The third kappa shape index (κ3) is 2.37. The molecule has 1 aliphatic rings.